The van der Waals surface area contributed by atoms with Gasteiger partial charge in [-0.15, -0.1) is 0 Å². The van der Waals surface area contributed by atoms with Gasteiger partial charge in [-0.05, 0) is 24.3 Å². The molecule has 16 heavy (non-hydrogen) atoms. The van der Waals surface area contributed by atoms with Crippen molar-refractivity contribution in [2.75, 3.05) is 0 Å². The third-order valence-corrected chi connectivity index (χ3v) is 1.56. The van der Waals surface area contributed by atoms with Crippen LogP contribution in [0.5, 0.6) is 0 Å². The predicted octanol–water partition coefficient (Wildman–Crippen LogP) is -0.519. The third kappa shape index (κ3) is 4.41. The van der Waals surface area contributed by atoms with Gasteiger partial charge in [0.15, 0.2) is 0 Å². The summed E-state index contributed by atoms with van der Waals surface area (Å²) < 4.78 is 12.5. The van der Waals surface area contributed by atoms with Crippen LogP contribution in [0, 0.1) is 5.82 Å². The molecule has 2 rings (SSSR count). The van der Waals surface area contributed by atoms with E-state index >= 15 is 0 Å². The second-order valence-electron chi connectivity index (χ2n) is 2.45. The van der Waals surface area contributed by atoms with Gasteiger partial charge >= 0.3 is 29.6 Å². The summed E-state index contributed by atoms with van der Waals surface area (Å²) in [6.45, 7) is 0. The summed E-state index contributed by atoms with van der Waals surface area (Å²) in [4.78, 5) is 1.50. The van der Waals surface area contributed by atoms with Crippen LogP contribution >= 0.6 is 0 Å². The summed E-state index contributed by atoms with van der Waals surface area (Å²) in [5.41, 5.74) is 15.1. The van der Waals surface area contributed by atoms with E-state index in [1.165, 1.54) is 17.0 Å². The van der Waals surface area contributed by atoms with Crippen molar-refractivity contribution in [3.05, 3.63) is 52.3 Å². The van der Waals surface area contributed by atoms with E-state index in [-0.39, 0.29) is 35.4 Å². The van der Waals surface area contributed by atoms with Crippen molar-refractivity contribution in [3.8, 4) is 11.3 Å². The standard InChI is InChI=1S/C8H6FN3.N3.Na/c9-7-3-1-6(2-4-7)8-5-10-12-11-8;1-3-2;/h1-5H,(H,10,11,12);;/q;-1;+1. The molecule has 0 spiro atoms. The molecule has 0 saturated carbocycles. The molecule has 76 valence electrons. The number of aromatic amines is 1. The number of benzene rings is 1. The van der Waals surface area contributed by atoms with Crippen molar-refractivity contribution in [2.45, 2.75) is 0 Å². The van der Waals surface area contributed by atoms with Crippen molar-refractivity contribution < 1.29 is 33.9 Å². The van der Waals surface area contributed by atoms with E-state index in [1.807, 2.05) is 0 Å². The van der Waals surface area contributed by atoms with Crippen molar-refractivity contribution in [2.24, 2.45) is 0 Å². The maximum Gasteiger partial charge on any atom is 1.00 e. The first-order valence-corrected chi connectivity index (χ1v) is 3.88. The predicted molar refractivity (Wildman–Crippen MR) is 51.9 cm³/mol. The molecule has 1 N–H and O–H groups in total. The minimum atomic E-state index is -0.248. The maximum atomic E-state index is 12.5. The molecular weight excluding hydrogens is 222 g/mol. The Morgan fingerprint density at radius 3 is 2.19 bits per heavy atom. The van der Waals surface area contributed by atoms with Gasteiger partial charge in [-0.1, -0.05) is 0 Å². The Kier molecular flexibility index (Phi) is 7.15. The second kappa shape index (κ2) is 7.84. The normalized spacial score (nSPS) is 8.06. The first-order valence-electron chi connectivity index (χ1n) is 3.88. The van der Waals surface area contributed by atoms with Crippen LogP contribution in [0.15, 0.2) is 30.5 Å². The Bertz CT molecular complexity index is 434. The minimum Gasteiger partial charge on any atom is -0.373 e. The van der Waals surface area contributed by atoms with E-state index in [2.05, 4.69) is 15.4 Å². The molecule has 0 radical (unpaired) electrons. The Morgan fingerprint density at radius 1 is 1.19 bits per heavy atom. The average molecular weight is 228 g/mol. The third-order valence-electron chi connectivity index (χ3n) is 1.56. The minimum absolute atomic E-state index is 0. The summed E-state index contributed by atoms with van der Waals surface area (Å²) in [6, 6.07) is 6.11. The average Bonchev–Trinajstić information content (AvgIpc) is 2.73. The van der Waals surface area contributed by atoms with Crippen LogP contribution in [0.1, 0.15) is 0 Å². The fourth-order valence-corrected chi connectivity index (χ4v) is 0.961. The number of H-pyrrole nitrogens is 1. The Morgan fingerprint density at radius 2 is 1.75 bits per heavy atom. The molecule has 2 aromatic rings. The fraction of sp³-hybridized carbons (Fsp3) is 0. The van der Waals surface area contributed by atoms with E-state index in [4.69, 9.17) is 11.1 Å². The number of aromatic nitrogens is 3. The van der Waals surface area contributed by atoms with Crippen molar-refractivity contribution >= 4 is 0 Å². The topological polar surface area (TPSA) is 100 Å². The zero-order valence-corrected chi connectivity index (χ0v) is 10.5. The molecule has 0 saturated heterocycles. The molecule has 0 unspecified atom stereocenters. The quantitative estimate of drug-likeness (QED) is 0.307. The summed E-state index contributed by atoms with van der Waals surface area (Å²) in [6.07, 6.45) is 1.59. The Labute approximate surface area is 113 Å². The smallest absolute Gasteiger partial charge is 0.373 e. The number of nitrogens with one attached hydrogen (secondary N) is 1. The van der Waals surface area contributed by atoms with E-state index in [1.54, 1.807) is 18.3 Å². The zero-order chi connectivity index (χ0) is 11.1. The van der Waals surface area contributed by atoms with Crippen LogP contribution in [-0.2, 0) is 0 Å². The number of halogens is 1. The van der Waals surface area contributed by atoms with Crippen LogP contribution in [0.25, 0.3) is 27.2 Å². The van der Waals surface area contributed by atoms with Gasteiger partial charge in [-0.3, -0.25) is 4.91 Å². The van der Waals surface area contributed by atoms with Gasteiger partial charge in [0, 0.05) is 5.56 Å². The van der Waals surface area contributed by atoms with Gasteiger partial charge < -0.3 is 11.1 Å². The molecule has 0 bridgehead atoms. The number of rotatable bonds is 1. The van der Waals surface area contributed by atoms with E-state index in [0.29, 0.717) is 0 Å². The summed E-state index contributed by atoms with van der Waals surface area (Å²) >= 11 is 0. The van der Waals surface area contributed by atoms with Crippen LogP contribution < -0.4 is 29.6 Å². The molecule has 0 fully saturated rings. The molecule has 0 amide bonds. The SMILES string of the molecule is Fc1ccc(-c2cn[nH]n2)cc1.[N-]=[N+]=[N-].[Na+]. The number of nitrogens with zero attached hydrogens (tertiary/aromatic N) is 5. The Hall–Kier alpha value is -1.40. The van der Waals surface area contributed by atoms with Gasteiger partial charge in [0.25, 0.3) is 0 Å². The molecule has 1 aromatic heterocycles. The van der Waals surface area contributed by atoms with Crippen molar-refractivity contribution in [1.29, 1.82) is 0 Å². The molecule has 8 heteroatoms. The van der Waals surface area contributed by atoms with Gasteiger partial charge in [0.2, 0.25) is 0 Å². The summed E-state index contributed by atoms with van der Waals surface area (Å²) in [5.74, 6) is -0.248. The van der Waals surface area contributed by atoms with Crippen LogP contribution in [0.2, 0.25) is 0 Å². The largest absolute Gasteiger partial charge is 1.00 e. The summed E-state index contributed by atoms with van der Waals surface area (Å²) in [7, 11) is 0. The number of hydrogen-bond acceptors (Lipinski definition) is 2. The second-order valence-corrected chi connectivity index (χ2v) is 2.45. The van der Waals surface area contributed by atoms with Crippen LogP contribution in [-0.4, -0.2) is 15.4 Å². The summed E-state index contributed by atoms with van der Waals surface area (Å²) in [5, 5.41) is 10.00. The first-order chi connectivity index (χ1) is 7.27. The van der Waals surface area contributed by atoms with Gasteiger partial charge in [-0.2, -0.15) is 15.4 Å². The fourth-order valence-electron chi connectivity index (χ4n) is 0.961. The molecule has 0 aliphatic carbocycles. The van der Waals surface area contributed by atoms with E-state index in [9.17, 15) is 4.39 Å². The van der Waals surface area contributed by atoms with Gasteiger partial charge in [0.1, 0.15) is 11.5 Å². The molecule has 6 nitrogen and oxygen atoms in total. The Balaban J connectivity index is 0.000000511. The van der Waals surface area contributed by atoms with E-state index < -0.39 is 0 Å². The maximum absolute atomic E-state index is 12.5. The van der Waals surface area contributed by atoms with E-state index in [0.717, 1.165) is 11.3 Å². The molecular formula is C8H6FN6Na. The van der Waals surface area contributed by atoms with Crippen molar-refractivity contribution in [3.63, 3.8) is 0 Å². The first kappa shape index (κ1) is 14.6. The molecule has 0 aliphatic heterocycles. The van der Waals surface area contributed by atoms with Crippen LogP contribution in [0.3, 0.4) is 0 Å². The van der Waals surface area contributed by atoms with Gasteiger partial charge in [0.05, 0.1) is 6.20 Å². The van der Waals surface area contributed by atoms with Crippen LogP contribution in [0.4, 0.5) is 4.39 Å². The molecule has 1 aromatic carbocycles. The number of hydrogen-bond donors (Lipinski definition) is 1. The van der Waals surface area contributed by atoms with Gasteiger partial charge in [-0.25, -0.2) is 4.39 Å². The monoisotopic (exact) mass is 228 g/mol. The zero-order valence-electron chi connectivity index (χ0n) is 8.50. The molecule has 1 heterocycles. The molecule has 0 atom stereocenters. The molecule has 0 aliphatic rings. The van der Waals surface area contributed by atoms with Crippen molar-refractivity contribution in [1.82, 2.24) is 15.4 Å².